The van der Waals surface area contributed by atoms with Gasteiger partial charge in [-0.05, 0) is 60.0 Å². The number of urea groups is 1. The number of ether oxygens (including phenoxy) is 2. The lowest BCUT2D eigenvalue weighted by Crippen LogP contribution is -2.44. The molecule has 8 nitrogen and oxygen atoms in total. The lowest BCUT2D eigenvalue weighted by molar-refractivity contribution is 0.252. The standard InChI is InChI=1S/C36H41N5O3/c1-27(2)33-22-30(24-37-39-36(42)38-31-14-16-32(17-15-31)41-20-18-40(3)19-21-41)34(43-25-28-10-6-4-7-11-28)23-35(33)44-26-29-12-8-5-9-13-29/h4-17,22-24,27H,18-21,25-26H2,1-3H3,(H2,38,39,42)/b37-24+. The van der Waals surface area contributed by atoms with Crippen molar-refractivity contribution in [2.75, 3.05) is 43.4 Å². The van der Waals surface area contributed by atoms with Crippen LogP contribution in [-0.4, -0.2) is 50.4 Å². The summed E-state index contributed by atoms with van der Waals surface area (Å²) in [5, 5.41) is 7.11. The van der Waals surface area contributed by atoms with Gasteiger partial charge >= 0.3 is 6.03 Å². The molecular weight excluding hydrogens is 550 g/mol. The first-order valence-electron chi connectivity index (χ1n) is 15.1. The molecule has 0 saturated carbocycles. The average molecular weight is 592 g/mol. The first-order chi connectivity index (χ1) is 21.4. The lowest BCUT2D eigenvalue weighted by atomic mass is 9.99. The molecule has 1 fully saturated rings. The fourth-order valence-electron chi connectivity index (χ4n) is 5.01. The van der Waals surface area contributed by atoms with Crippen LogP contribution in [0.3, 0.4) is 0 Å². The number of piperazine rings is 1. The molecule has 0 atom stereocenters. The summed E-state index contributed by atoms with van der Waals surface area (Å²) in [6, 6.07) is 31.5. The highest BCUT2D eigenvalue weighted by atomic mass is 16.5. The van der Waals surface area contributed by atoms with Crippen molar-refractivity contribution in [2.45, 2.75) is 33.0 Å². The number of hydrazone groups is 1. The highest BCUT2D eigenvalue weighted by Gasteiger charge is 2.16. The van der Waals surface area contributed by atoms with E-state index in [1.54, 1.807) is 6.21 Å². The summed E-state index contributed by atoms with van der Waals surface area (Å²) < 4.78 is 12.5. The van der Waals surface area contributed by atoms with Gasteiger partial charge in [0.25, 0.3) is 0 Å². The van der Waals surface area contributed by atoms with Crippen LogP contribution in [-0.2, 0) is 13.2 Å². The van der Waals surface area contributed by atoms with Gasteiger partial charge in [0.2, 0.25) is 0 Å². The molecule has 44 heavy (non-hydrogen) atoms. The molecule has 1 heterocycles. The summed E-state index contributed by atoms with van der Waals surface area (Å²) in [6.07, 6.45) is 1.61. The number of rotatable bonds is 11. The van der Waals surface area contributed by atoms with E-state index in [2.05, 4.69) is 46.5 Å². The average Bonchev–Trinajstić information content (AvgIpc) is 3.05. The molecule has 228 valence electrons. The van der Waals surface area contributed by atoms with E-state index in [0.29, 0.717) is 24.7 Å². The van der Waals surface area contributed by atoms with Crippen LogP contribution in [0.2, 0.25) is 0 Å². The minimum atomic E-state index is -0.424. The summed E-state index contributed by atoms with van der Waals surface area (Å²) in [6.45, 7) is 9.15. The Morgan fingerprint density at radius 3 is 2.00 bits per heavy atom. The fraction of sp³-hybridized carbons (Fsp3) is 0.278. The number of likely N-dealkylation sites (N-methyl/N-ethyl adjacent to an activating group) is 1. The monoisotopic (exact) mass is 591 g/mol. The Bertz CT molecular complexity index is 1520. The summed E-state index contributed by atoms with van der Waals surface area (Å²) in [5.74, 6) is 1.57. The molecule has 0 aromatic heterocycles. The highest BCUT2D eigenvalue weighted by molar-refractivity contribution is 5.91. The molecule has 0 aliphatic carbocycles. The van der Waals surface area contributed by atoms with Gasteiger partial charge < -0.3 is 24.6 Å². The largest absolute Gasteiger partial charge is 0.488 e. The van der Waals surface area contributed by atoms with E-state index in [-0.39, 0.29) is 5.92 Å². The zero-order valence-electron chi connectivity index (χ0n) is 25.7. The van der Waals surface area contributed by atoms with Crippen molar-refractivity contribution < 1.29 is 14.3 Å². The lowest BCUT2D eigenvalue weighted by Gasteiger charge is -2.34. The Kier molecular flexibility index (Phi) is 10.5. The summed E-state index contributed by atoms with van der Waals surface area (Å²) in [7, 11) is 2.14. The molecule has 2 amide bonds. The molecule has 2 N–H and O–H groups in total. The van der Waals surface area contributed by atoms with E-state index in [9.17, 15) is 4.79 Å². The first kappa shape index (κ1) is 30.6. The molecule has 0 spiro atoms. The van der Waals surface area contributed by atoms with E-state index in [4.69, 9.17) is 9.47 Å². The third-order valence-corrected chi connectivity index (χ3v) is 7.60. The molecule has 4 aromatic rings. The van der Waals surface area contributed by atoms with Crippen molar-refractivity contribution in [1.29, 1.82) is 0 Å². The van der Waals surface area contributed by atoms with Crippen LogP contribution >= 0.6 is 0 Å². The van der Waals surface area contributed by atoms with Gasteiger partial charge in [-0.25, -0.2) is 10.2 Å². The molecule has 5 rings (SSSR count). The van der Waals surface area contributed by atoms with Crippen LogP contribution in [0.5, 0.6) is 11.5 Å². The minimum Gasteiger partial charge on any atom is -0.488 e. The van der Waals surface area contributed by atoms with Gasteiger partial charge in [-0.3, -0.25) is 0 Å². The molecule has 8 heteroatoms. The van der Waals surface area contributed by atoms with Crippen molar-refractivity contribution in [3.05, 3.63) is 119 Å². The van der Waals surface area contributed by atoms with Crippen molar-refractivity contribution in [3.63, 3.8) is 0 Å². The van der Waals surface area contributed by atoms with Crippen LogP contribution in [0.4, 0.5) is 16.2 Å². The van der Waals surface area contributed by atoms with Gasteiger partial charge in [-0.1, -0.05) is 74.5 Å². The van der Waals surface area contributed by atoms with Gasteiger partial charge in [0.15, 0.2) is 0 Å². The van der Waals surface area contributed by atoms with E-state index in [0.717, 1.165) is 59.9 Å². The summed E-state index contributed by atoms with van der Waals surface area (Å²) in [5.41, 5.74) is 8.35. The van der Waals surface area contributed by atoms with Crippen LogP contribution in [0.25, 0.3) is 0 Å². The third-order valence-electron chi connectivity index (χ3n) is 7.60. The SMILES string of the molecule is CC(C)c1cc(/C=N/NC(=O)Nc2ccc(N3CCN(C)CC3)cc2)c(OCc2ccccc2)cc1OCc1ccccc1. The second-order valence-electron chi connectivity index (χ2n) is 11.3. The third kappa shape index (κ3) is 8.61. The molecule has 0 unspecified atom stereocenters. The second-order valence-corrected chi connectivity index (χ2v) is 11.3. The van der Waals surface area contributed by atoms with E-state index >= 15 is 0 Å². The molecule has 1 aliphatic rings. The zero-order valence-corrected chi connectivity index (χ0v) is 25.7. The molecule has 1 saturated heterocycles. The Labute approximate surface area is 260 Å². The Morgan fingerprint density at radius 1 is 0.818 bits per heavy atom. The van der Waals surface area contributed by atoms with E-state index < -0.39 is 6.03 Å². The van der Waals surface area contributed by atoms with Gasteiger partial charge in [0, 0.05) is 49.2 Å². The summed E-state index contributed by atoms with van der Waals surface area (Å²) in [4.78, 5) is 17.4. The molecule has 1 aliphatic heterocycles. The number of hydrogen-bond donors (Lipinski definition) is 2. The van der Waals surface area contributed by atoms with Crippen LogP contribution < -0.4 is 25.1 Å². The Morgan fingerprint density at radius 2 is 1.41 bits per heavy atom. The second kappa shape index (κ2) is 15.1. The Hall–Kier alpha value is -4.82. The molecule has 4 aromatic carbocycles. The maximum Gasteiger partial charge on any atom is 0.339 e. The number of carbonyl (C=O) groups excluding carboxylic acids is 1. The van der Waals surface area contributed by atoms with E-state index in [1.165, 1.54) is 0 Å². The van der Waals surface area contributed by atoms with Gasteiger partial charge in [0.1, 0.15) is 24.7 Å². The normalized spacial score (nSPS) is 13.7. The summed E-state index contributed by atoms with van der Waals surface area (Å²) >= 11 is 0. The predicted octanol–water partition coefficient (Wildman–Crippen LogP) is 6.88. The minimum absolute atomic E-state index is 0.196. The topological polar surface area (TPSA) is 78.4 Å². The van der Waals surface area contributed by atoms with Crippen LogP contribution in [0.1, 0.15) is 42.0 Å². The number of amides is 2. The smallest absolute Gasteiger partial charge is 0.339 e. The Balaban J connectivity index is 1.27. The van der Waals surface area contributed by atoms with Gasteiger partial charge in [-0.15, -0.1) is 0 Å². The van der Waals surface area contributed by atoms with Crippen LogP contribution in [0, 0.1) is 0 Å². The number of nitrogens with zero attached hydrogens (tertiary/aromatic N) is 3. The maximum atomic E-state index is 12.7. The molecule has 0 bridgehead atoms. The van der Waals surface area contributed by atoms with Crippen molar-refractivity contribution in [3.8, 4) is 11.5 Å². The predicted molar refractivity (Wildman–Crippen MR) is 178 cm³/mol. The number of anilines is 2. The molecule has 0 radical (unpaired) electrons. The van der Waals surface area contributed by atoms with Gasteiger partial charge in [0.05, 0.1) is 6.21 Å². The van der Waals surface area contributed by atoms with Crippen molar-refractivity contribution in [1.82, 2.24) is 10.3 Å². The number of hydrogen-bond acceptors (Lipinski definition) is 6. The maximum absolute atomic E-state index is 12.7. The number of nitrogens with one attached hydrogen (secondary N) is 2. The van der Waals surface area contributed by atoms with Crippen LogP contribution in [0.15, 0.2) is 102 Å². The van der Waals surface area contributed by atoms with Crippen molar-refractivity contribution >= 4 is 23.6 Å². The van der Waals surface area contributed by atoms with Crippen molar-refractivity contribution in [2.24, 2.45) is 5.10 Å². The molecular formula is C36H41N5O3. The fourth-order valence-corrected chi connectivity index (χ4v) is 5.01. The van der Waals surface area contributed by atoms with E-state index in [1.807, 2.05) is 97.1 Å². The van der Waals surface area contributed by atoms with Gasteiger partial charge in [-0.2, -0.15) is 5.10 Å². The first-order valence-corrected chi connectivity index (χ1v) is 15.1. The highest BCUT2D eigenvalue weighted by Crippen LogP contribution is 2.34. The zero-order chi connectivity index (χ0) is 30.7. The quantitative estimate of drug-likeness (QED) is 0.147. The number of benzene rings is 4. The number of carbonyl (C=O) groups is 1.